The van der Waals surface area contributed by atoms with Gasteiger partial charge in [0.1, 0.15) is 29.6 Å². The number of benzene rings is 3. The molecular weight excluding hydrogens is 600 g/mol. The maximum Gasteiger partial charge on any atom is 0.296 e. The van der Waals surface area contributed by atoms with Crippen molar-refractivity contribution in [1.82, 2.24) is 0 Å². The Morgan fingerprint density at radius 3 is 2.48 bits per heavy atom. The van der Waals surface area contributed by atoms with Crippen molar-refractivity contribution in [2.45, 2.75) is 45.6 Å². The van der Waals surface area contributed by atoms with Crippen molar-refractivity contribution in [3.05, 3.63) is 114 Å². The van der Waals surface area contributed by atoms with Gasteiger partial charge in [0.2, 0.25) is 0 Å². The van der Waals surface area contributed by atoms with Crippen molar-refractivity contribution in [3.63, 3.8) is 0 Å². The van der Waals surface area contributed by atoms with Crippen LogP contribution in [0.15, 0.2) is 81.7 Å². The normalized spacial score (nSPS) is 16.7. The molecule has 1 aliphatic heterocycles. The molecule has 0 radical (unpaired) electrons. The Morgan fingerprint density at radius 2 is 1.81 bits per heavy atom. The van der Waals surface area contributed by atoms with Crippen LogP contribution in [0.25, 0.3) is 0 Å². The van der Waals surface area contributed by atoms with Crippen molar-refractivity contribution < 1.29 is 19.2 Å². The molecule has 3 aromatic rings. The lowest BCUT2D eigenvalue weighted by Gasteiger charge is -2.39. The van der Waals surface area contributed by atoms with Crippen LogP contribution < -0.4 is 20.1 Å². The molecule has 9 nitrogen and oxygen atoms in total. The minimum Gasteiger partial charge on any atom is -0.496 e. The standard InChI is InChI=1S/C32H29BrN4O5/c1-18-13-19(2)24(14-20(18)17-42-22-9-7-21(33)8-10-22)30-25(16-34)32(35)36(27-5-4-6-29(38)31(27)30)26-12-11-23(41-3)15-28(26)37(39)40/h7-15,30H,4-6,17,35H2,1-3H3. The summed E-state index contributed by atoms with van der Waals surface area (Å²) in [6.07, 6.45) is 1.36. The first-order chi connectivity index (χ1) is 20.1. The van der Waals surface area contributed by atoms with Crippen molar-refractivity contribution in [2.24, 2.45) is 5.73 Å². The van der Waals surface area contributed by atoms with E-state index in [0.29, 0.717) is 48.6 Å². The molecule has 10 heteroatoms. The average Bonchev–Trinajstić information content (AvgIpc) is 2.97. The quantitative estimate of drug-likeness (QED) is 0.221. The molecule has 5 rings (SSSR count). The van der Waals surface area contributed by atoms with Gasteiger partial charge in [-0.2, -0.15) is 5.26 Å². The third kappa shape index (κ3) is 5.23. The minimum absolute atomic E-state index is 0.0665. The van der Waals surface area contributed by atoms with Crippen molar-refractivity contribution in [3.8, 4) is 17.6 Å². The number of nitrogens with zero attached hydrogens (tertiary/aromatic N) is 3. The van der Waals surface area contributed by atoms with Crippen LogP contribution in [0.3, 0.4) is 0 Å². The summed E-state index contributed by atoms with van der Waals surface area (Å²) in [4.78, 5) is 26.7. The second kappa shape index (κ2) is 11.7. The molecule has 1 aliphatic carbocycles. The van der Waals surface area contributed by atoms with Gasteiger partial charge in [-0.3, -0.25) is 19.8 Å². The van der Waals surface area contributed by atoms with Crippen LogP contribution in [0.2, 0.25) is 0 Å². The van der Waals surface area contributed by atoms with E-state index in [9.17, 15) is 20.2 Å². The van der Waals surface area contributed by atoms with E-state index in [1.54, 1.807) is 6.07 Å². The molecule has 1 heterocycles. The van der Waals surface area contributed by atoms with Crippen molar-refractivity contribution in [1.29, 1.82) is 5.26 Å². The summed E-state index contributed by atoms with van der Waals surface area (Å²) >= 11 is 3.43. The van der Waals surface area contributed by atoms with Crippen molar-refractivity contribution >= 4 is 33.1 Å². The molecule has 0 saturated heterocycles. The summed E-state index contributed by atoms with van der Waals surface area (Å²) in [7, 11) is 1.43. The number of nitro groups is 1. The number of Topliss-reactive ketones (excluding diaryl/α,β-unsaturated/α-hetero) is 1. The second-order valence-electron chi connectivity index (χ2n) is 10.3. The third-order valence-electron chi connectivity index (χ3n) is 7.78. The highest BCUT2D eigenvalue weighted by molar-refractivity contribution is 9.10. The Balaban J connectivity index is 1.65. The number of nitro benzene ring substituents is 1. The SMILES string of the molecule is COc1ccc(N2C(N)=C(C#N)C(c3cc(COc4ccc(Br)cc4)c(C)cc3C)C3=C2CCCC3=O)c([N+](=O)[O-])c1. The van der Waals surface area contributed by atoms with E-state index in [1.165, 1.54) is 24.1 Å². The summed E-state index contributed by atoms with van der Waals surface area (Å²) in [5.74, 6) is 0.277. The zero-order chi connectivity index (χ0) is 30.1. The topological polar surface area (TPSA) is 132 Å². The van der Waals surface area contributed by atoms with Crippen LogP contribution in [0.4, 0.5) is 11.4 Å². The molecule has 2 N–H and O–H groups in total. The highest BCUT2D eigenvalue weighted by Gasteiger charge is 2.42. The molecule has 0 bridgehead atoms. The van der Waals surface area contributed by atoms with Gasteiger partial charge in [-0.05, 0) is 85.3 Å². The minimum atomic E-state index is -0.710. The van der Waals surface area contributed by atoms with Crippen LogP contribution in [0.1, 0.15) is 47.4 Å². The molecule has 0 aromatic heterocycles. The number of rotatable bonds is 7. The fraction of sp³-hybridized carbons (Fsp3) is 0.250. The monoisotopic (exact) mass is 628 g/mol. The number of anilines is 1. The van der Waals surface area contributed by atoms with Gasteiger partial charge in [-0.25, -0.2) is 0 Å². The van der Waals surface area contributed by atoms with E-state index in [-0.39, 0.29) is 28.6 Å². The van der Waals surface area contributed by atoms with Gasteiger partial charge < -0.3 is 15.2 Å². The predicted molar refractivity (Wildman–Crippen MR) is 162 cm³/mol. The molecule has 2 aliphatic rings. The van der Waals surface area contributed by atoms with Gasteiger partial charge >= 0.3 is 0 Å². The van der Waals surface area contributed by atoms with E-state index >= 15 is 0 Å². The average molecular weight is 630 g/mol. The Labute approximate surface area is 252 Å². The van der Waals surface area contributed by atoms with Gasteiger partial charge in [0.25, 0.3) is 5.69 Å². The maximum atomic E-state index is 13.6. The Kier molecular flexibility index (Phi) is 8.05. The number of ether oxygens (including phenoxy) is 2. The number of halogens is 1. The molecule has 1 atom stereocenters. The van der Waals surface area contributed by atoms with E-state index in [2.05, 4.69) is 22.0 Å². The Morgan fingerprint density at radius 1 is 1.10 bits per heavy atom. The van der Waals surface area contributed by atoms with Crippen molar-refractivity contribution in [2.75, 3.05) is 12.0 Å². The van der Waals surface area contributed by atoms with Crippen LogP contribution in [0, 0.1) is 35.3 Å². The fourth-order valence-electron chi connectivity index (χ4n) is 5.71. The molecular formula is C32H29BrN4O5. The molecule has 0 saturated carbocycles. The zero-order valence-corrected chi connectivity index (χ0v) is 25.0. The summed E-state index contributed by atoms with van der Waals surface area (Å²) in [6.45, 7) is 4.23. The number of allylic oxidation sites excluding steroid dienone is 3. The number of hydrogen-bond donors (Lipinski definition) is 1. The summed E-state index contributed by atoms with van der Waals surface area (Å²) in [6, 6.07) is 18.3. The van der Waals surface area contributed by atoms with Crippen LogP contribution in [-0.4, -0.2) is 17.8 Å². The highest BCUT2D eigenvalue weighted by Crippen LogP contribution is 2.49. The summed E-state index contributed by atoms with van der Waals surface area (Å²) < 4.78 is 12.2. The summed E-state index contributed by atoms with van der Waals surface area (Å²) in [5, 5.41) is 22.6. The first-order valence-electron chi connectivity index (χ1n) is 13.4. The number of nitriles is 1. The number of carbonyl (C=O) groups excluding carboxylic acids is 1. The van der Waals surface area contributed by atoms with Gasteiger partial charge in [0, 0.05) is 22.2 Å². The van der Waals surface area contributed by atoms with E-state index in [4.69, 9.17) is 15.2 Å². The van der Waals surface area contributed by atoms with E-state index in [1.807, 2.05) is 50.2 Å². The first-order valence-corrected chi connectivity index (χ1v) is 14.2. The largest absolute Gasteiger partial charge is 0.496 e. The molecule has 0 spiro atoms. The van der Waals surface area contributed by atoms with Crippen LogP contribution in [0.5, 0.6) is 11.5 Å². The number of carbonyl (C=O) groups is 1. The zero-order valence-electron chi connectivity index (χ0n) is 23.4. The maximum absolute atomic E-state index is 13.6. The molecule has 1 unspecified atom stereocenters. The highest BCUT2D eigenvalue weighted by atomic mass is 79.9. The smallest absolute Gasteiger partial charge is 0.296 e. The lowest BCUT2D eigenvalue weighted by molar-refractivity contribution is -0.384. The molecule has 3 aromatic carbocycles. The molecule has 214 valence electrons. The molecule has 0 fully saturated rings. The van der Waals surface area contributed by atoms with Gasteiger partial charge in [0.15, 0.2) is 5.78 Å². The Bertz CT molecular complexity index is 1700. The predicted octanol–water partition coefficient (Wildman–Crippen LogP) is 6.87. The fourth-order valence-corrected chi connectivity index (χ4v) is 5.98. The van der Waals surface area contributed by atoms with Gasteiger partial charge in [-0.15, -0.1) is 0 Å². The number of ketones is 1. The van der Waals surface area contributed by atoms with Gasteiger partial charge in [-0.1, -0.05) is 28.1 Å². The lowest BCUT2D eigenvalue weighted by atomic mass is 9.74. The lowest BCUT2D eigenvalue weighted by Crippen LogP contribution is -2.39. The molecule has 42 heavy (non-hydrogen) atoms. The van der Waals surface area contributed by atoms with Crippen LogP contribution >= 0.6 is 15.9 Å². The van der Waals surface area contributed by atoms with Crippen LogP contribution in [-0.2, 0) is 11.4 Å². The molecule has 0 amide bonds. The first kappa shape index (κ1) is 28.9. The second-order valence-corrected chi connectivity index (χ2v) is 11.2. The summed E-state index contributed by atoms with van der Waals surface area (Å²) in [5.41, 5.74) is 11.4. The number of nitrogens with two attached hydrogens (primary N) is 1. The number of aryl methyl sites for hydroxylation is 2. The van der Waals surface area contributed by atoms with Gasteiger partial charge in [0.05, 0.1) is 35.7 Å². The van der Waals surface area contributed by atoms with E-state index in [0.717, 1.165) is 26.7 Å². The Hall–Kier alpha value is -4.62. The number of hydrogen-bond acceptors (Lipinski definition) is 8. The third-order valence-corrected chi connectivity index (χ3v) is 8.31. The van der Waals surface area contributed by atoms with E-state index < -0.39 is 10.8 Å². The number of methoxy groups -OCH3 is 1.